The van der Waals surface area contributed by atoms with E-state index in [-0.39, 0.29) is 30.8 Å². The minimum atomic E-state index is -0.468. The summed E-state index contributed by atoms with van der Waals surface area (Å²) in [5.74, 6) is 0.981. The monoisotopic (exact) mass is 464 g/mol. The maximum absolute atomic E-state index is 13.4. The van der Waals surface area contributed by atoms with E-state index in [1.165, 1.54) is 12.1 Å². The molecule has 1 fully saturated rings. The molecule has 0 saturated carbocycles. The summed E-state index contributed by atoms with van der Waals surface area (Å²) in [5, 5.41) is 10.3. The molecule has 2 amide bonds. The average Bonchev–Trinajstić information content (AvgIpc) is 3.56. The highest BCUT2D eigenvalue weighted by Gasteiger charge is 2.38. The van der Waals surface area contributed by atoms with Crippen LogP contribution in [0, 0.1) is 5.82 Å². The van der Waals surface area contributed by atoms with E-state index in [9.17, 15) is 14.0 Å². The van der Waals surface area contributed by atoms with Crippen molar-refractivity contribution in [2.75, 3.05) is 6.79 Å². The minimum absolute atomic E-state index is 0.00548. The summed E-state index contributed by atoms with van der Waals surface area (Å²) in [4.78, 5) is 24.6. The van der Waals surface area contributed by atoms with Gasteiger partial charge in [0.05, 0.1) is 11.9 Å². The van der Waals surface area contributed by atoms with Gasteiger partial charge >= 0.3 is 0 Å². The van der Waals surface area contributed by atoms with Crippen LogP contribution in [0.2, 0.25) is 0 Å². The van der Waals surface area contributed by atoms with Crippen LogP contribution in [0.25, 0.3) is 5.69 Å². The summed E-state index contributed by atoms with van der Waals surface area (Å²) in [6.45, 7) is 0.525. The number of hydrogen-bond donors (Lipinski definition) is 2. The van der Waals surface area contributed by atoms with Gasteiger partial charge in [-0.2, -0.15) is 5.10 Å². The predicted octanol–water partition coefficient (Wildman–Crippen LogP) is 3.03. The lowest BCUT2D eigenvalue weighted by molar-refractivity contribution is -0.122. The third-order valence-corrected chi connectivity index (χ3v) is 6.24. The van der Waals surface area contributed by atoms with E-state index in [0.717, 1.165) is 11.1 Å². The molecular weight excluding hydrogens is 439 g/mol. The molecule has 0 bridgehead atoms. The van der Waals surface area contributed by atoms with Crippen LogP contribution in [0.3, 0.4) is 0 Å². The Morgan fingerprint density at radius 1 is 1.18 bits per heavy atom. The van der Waals surface area contributed by atoms with Gasteiger partial charge in [-0.1, -0.05) is 12.1 Å². The molecule has 2 aromatic carbocycles. The second-order valence-corrected chi connectivity index (χ2v) is 8.74. The summed E-state index contributed by atoms with van der Waals surface area (Å²) in [7, 11) is 0. The van der Waals surface area contributed by atoms with E-state index in [1.54, 1.807) is 29.2 Å². The number of halogens is 1. The van der Waals surface area contributed by atoms with Crippen LogP contribution in [-0.4, -0.2) is 33.9 Å². The van der Waals surface area contributed by atoms with Crippen LogP contribution in [0.1, 0.15) is 36.8 Å². The van der Waals surface area contributed by atoms with E-state index >= 15 is 0 Å². The zero-order valence-electron chi connectivity index (χ0n) is 18.6. The molecule has 0 aliphatic carbocycles. The van der Waals surface area contributed by atoms with Gasteiger partial charge in [-0.05, 0) is 55.2 Å². The molecule has 176 valence electrons. The molecule has 9 heteroatoms. The third-order valence-electron chi connectivity index (χ3n) is 6.24. The second-order valence-electron chi connectivity index (χ2n) is 8.74. The van der Waals surface area contributed by atoms with Crippen LogP contribution in [-0.2, 0) is 22.6 Å². The zero-order chi connectivity index (χ0) is 23.5. The SMILES string of the molecule is O=C(CC[C@@]1(Cc2ccc3c(c2)OCO3)CCC(=O)N1)NCc1cnn(-c2cccc(F)c2)c1. The Morgan fingerprint density at radius 2 is 2.06 bits per heavy atom. The topological polar surface area (TPSA) is 94.5 Å². The summed E-state index contributed by atoms with van der Waals surface area (Å²) in [5.41, 5.74) is 1.98. The molecular formula is C25H25FN4O4. The van der Waals surface area contributed by atoms with Crippen molar-refractivity contribution in [2.45, 2.75) is 44.2 Å². The van der Waals surface area contributed by atoms with Crippen molar-refractivity contribution in [1.29, 1.82) is 0 Å². The van der Waals surface area contributed by atoms with Gasteiger partial charge in [0.2, 0.25) is 18.6 Å². The van der Waals surface area contributed by atoms with Crippen molar-refractivity contribution in [3.63, 3.8) is 0 Å². The van der Waals surface area contributed by atoms with Gasteiger partial charge in [-0.15, -0.1) is 0 Å². The van der Waals surface area contributed by atoms with E-state index in [4.69, 9.17) is 9.47 Å². The number of carbonyl (C=O) groups excluding carboxylic acids is 2. The fourth-order valence-corrected chi connectivity index (χ4v) is 4.48. The van der Waals surface area contributed by atoms with E-state index < -0.39 is 5.54 Å². The number of benzene rings is 2. The van der Waals surface area contributed by atoms with Crippen molar-refractivity contribution in [1.82, 2.24) is 20.4 Å². The number of fused-ring (bicyclic) bond motifs is 1. The summed E-state index contributed by atoms with van der Waals surface area (Å²) < 4.78 is 25.8. The maximum atomic E-state index is 13.4. The Kier molecular flexibility index (Phi) is 5.91. The number of hydrogen-bond acceptors (Lipinski definition) is 5. The number of rotatable bonds is 8. The molecule has 1 aromatic heterocycles. The molecule has 0 spiro atoms. The van der Waals surface area contributed by atoms with Crippen LogP contribution >= 0.6 is 0 Å². The van der Waals surface area contributed by atoms with Gasteiger partial charge in [0.25, 0.3) is 0 Å². The highest BCUT2D eigenvalue weighted by atomic mass is 19.1. The number of ether oxygens (including phenoxy) is 2. The molecule has 1 atom stereocenters. The number of nitrogens with zero attached hydrogens (tertiary/aromatic N) is 2. The summed E-state index contributed by atoms with van der Waals surface area (Å²) in [6.07, 6.45) is 5.95. The Labute approximate surface area is 196 Å². The van der Waals surface area contributed by atoms with Gasteiger partial charge in [0.1, 0.15) is 5.82 Å². The van der Waals surface area contributed by atoms with E-state index in [0.29, 0.717) is 49.4 Å². The first-order chi connectivity index (χ1) is 16.5. The summed E-state index contributed by atoms with van der Waals surface area (Å²) in [6, 6.07) is 11.9. The normalized spacial score (nSPS) is 18.7. The van der Waals surface area contributed by atoms with Crippen LogP contribution in [0.15, 0.2) is 54.9 Å². The predicted molar refractivity (Wildman–Crippen MR) is 121 cm³/mol. The fraction of sp³-hybridized carbons (Fsp3) is 0.320. The number of amides is 2. The quantitative estimate of drug-likeness (QED) is 0.535. The molecule has 0 unspecified atom stereocenters. The molecule has 2 N–H and O–H groups in total. The van der Waals surface area contributed by atoms with Crippen LogP contribution in [0.5, 0.6) is 11.5 Å². The summed E-state index contributed by atoms with van der Waals surface area (Å²) >= 11 is 0. The first-order valence-corrected chi connectivity index (χ1v) is 11.2. The van der Waals surface area contributed by atoms with E-state index in [2.05, 4.69) is 15.7 Å². The lowest BCUT2D eigenvalue weighted by atomic mass is 9.85. The molecule has 3 aromatic rings. The molecule has 5 rings (SSSR count). The van der Waals surface area contributed by atoms with Gasteiger partial charge < -0.3 is 20.1 Å². The van der Waals surface area contributed by atoms with Crippen molar-refractivity contribution in [2.24, 2.45) is 0 Å². The Morgan fingerprint density at radius 3 is 2.88 bits per heavy atom. The second kappa shape index (κ2) is 9.17. The van der Waals surface area contributed by atoms with Gasteiger partial charge in [0, 0.05) is 36.7 Å². The molecule has 2 aliphatic heterocycles. The maximum Gasteiger partial charge on any atom is 0.231 e. The first-order valence-electron chi connectivity index (χ1n) is 11.2. The number of nitrogens with one attached hydrogen (secondary N) is 2. The van der Waals surface area contributed by atoms with Gasteiger partial charge in [0.15, 0.2) is 11.5 Å². The Balaban J connectivity index is 1.17. The fourth-order valence-electron chi connectivity index (χ4n) is 4.48. The smallest absolute Gasteiger partial charge is 0.231 e. The highest BCUT2D eigenvalue weighted by Crippen LogP contribution is 2.36. The Bertz CT molecular complexity index is 1230. The third kappa shape index (κ3) is 4.88. The lowest BCUT2D eigenvalue weighted by Gasteiger charge is -2.29. The zero-order valence-corrected chi connectivity index (χ0v) is 18.6. The number of aromatic nitrogens is 2. The van der Waals surface area contributed by atoms with E-state index in [1.807, 2.05) is 18.2 Å². The molecule has 8 nitrogen and oxygen atoms in total. The van der Waals surface area contributed by atoms with Crippen molar-refractivity contribution in [3.05, 3.63) is 71.8 Å². The van der Waals surface area contributed by atoms with Crippen molar-refractivity contribution >= 4 is 11.8 Å². The lowest BCUT2D eigenvalue weighted by Crippen LogP contribution is -2.44. The molecule has 0 radical (unpaired) electrons. The van der Waals surface area contributed by atoms with Crippen LogP contribution in [0.4, 0.5) is 4.39 Å². The van der Waals surface area contributed by atoms with Gasteiger partial charge in [-0.25, -0.2) is 9.07 Å². The average molecular weight is 464 g/mol. The van der Waals surface area contributed by atoms with Crippen molar-refractivity contribution in [3.8, 4) is 17.2 Å². The molecule has 1 saturated heterocycles. The number of carbonyl (C=O) groups is 2. The molecule has 2 aliphatic rings. The standard InChI is InChI=1S/C25H25FN4O4/c26-19-2-1-3-20(11-19)30-15-18(14-28-30)13-27-23(31)6-8-25(9-7-24(32)29-25)12-17-4-5-21-22(10-17)34-16-33-21/h1-5,10-11,14-15H,6-9,12-13,16H2,(H,27,31)(H,29,32)/t25-/m0/s1. The minimum Gasteiger partial charge on any atom is -0.454 e. The van der Waals surface area contributed by atoms with Gasteiger partial charge in [-0.3, -0.25) is 9.59 Å². The highest BCUT2D eigenvalue weighted by molar-refractivity contribution is 5.80. The van der Waals surface area contributed by atoms with Crippen molar-refractivity contribution < 1.29 is 23.5 Å². The Hall–Kier alpha value is -3.88. The largest absolute Gasteiger partial charge is 0.454 e. The first kappa shape index (κ1) is 21.9. The van der Waals surface area contributed by atoms with Crippen LogP contribution < -0.4 is 20.1 Å². The molecule has 34 heavy (non-hydrogen) atoms. The molecule has 3 heterocycles.